The number of fused-ring (bicyclic) bond motifs is 1. The SMILES string of the molecule is Cc1cc(NC(=O)c2cc(=O)c3ccccc3o2)ccc1Br. The van der Waals surface area contributed by atoms with E-state index in [1.165, 1.54) is 6.07 Å². The van der Waals surface area contributed by atoms with Crippen LogP contribution in [0.15, 0.2) is 62.2 Å². The summed E-state index contributed by atoms with van der Waals surface area (Å²) in [4.78, 5) is 24.3. The lowest BCUT2D eigenvalue weighted by atomic mass is 10.2. The van der Waals surface area contributed by atoms with Gasteiger partial charge in [-0.25, -0.2) is 0 Å². The molecule has 1 amide bonds. The molecule has 0 bridgehead atoms. The molecule has 22 heavy (non-hydrogen) atoms. The number of halogens is 1. The minimum Gasteiger partial charge on any atom is -0.451 e. The summed E-state index contributed by atoms with van der Waals surface area (Å²) >= 11 is 3.40. The van der Waals surface area contributed by atoms with E-state index in [1.54, 1.807) is 30.3 Å². The molecule has 0 saturated carbocycles. The van der Waals surface area contributed by atoms with Crippen molar-refractivity contribution in [2.24, 2.45) is 0 Å². The first-order chi connectivity index (χ1) is 10.5. The Labute approximate surface area is 134 Å². The third-order valence-corrected chi connectivity index (χ3v) is 4.16. The van der Waals surface area contributed by atoms with Crippen LogP contribution in [0.2, 0.25) is 0 Å². The van der Waals surface area contributed by atoms with Crippen molar-refractivity contribution >= 4 is 38.5 Å². The molecule has 0 radical (unpaired) electrons. The molecule has 1 heterocycles. The fourth-order valence-electron chi connectivity index (χ4n) is 2.13. The molecule has 3 rings (SSSR count). The van der Waals surface area contributed by atoms with Crippen LogP contribution >= 0.6 is 15.9 Å². The molecule has 5 heteroatoms. The number of rotatable bonds is 2. The van der Waals surface area contributed by atoms with Crippen molar-refractivity contribution in [3.8, 4) is 0 Å². The molecule has 2 aromatic carbocycles. The first-order valence-electron chi connectivity index (χ1n) is 6.65. The van der Waals surface area contributed by atoms with Gasteiger partial charge in [0.1, 0.15) is 5.58 Å². The summed E-state index contributed by atoms with van der Waals surface area (Å²) in [6, 6.07) is 13.5. The maximum Gasteiger partial charge on any atom is 0.291 e. The molecule has 0 saturated heterocycles. The second-order valence-corrected chi connectivity index (χ2v) is 5.74. The molecule has 4 nitrogen and oxygen atoms in total. The van der Waals surface area contributed by atoms with E-state index < -0.39 is 5.91 Å². The van der Waals surface area contributed by atoms with Crippen molar-refractivity contribution in [3.63, 3.8) is 0 Å². The number of nitrogens with one attached hydrogen (secondary N) is 1. The highest BCUT2D eigenvalue weighted by Crippen LogP contribution is 2.20. The van der Waals surface area contributed by atoms with Crippen LogP contribution < -0.4 is 10.7 Å². The molecule has 0 spiro atoms. The van der Waals surface area contributed by atoms with Gasteiger partial charge >= 0.3 is 0 Å². The smallest absolute Gasteiger partial charge is 0.291 e. The number of aryl methyl sites for hydroxylation is 1. The van der Waals surface area contributed by atoms with Gasteiger partial charge in [-0.1, -0.05) is 28.1 Å². The van der Waals surface area contributed by atoms with Gasteiger partial charge in [-0.15, -0.1) is 0 Å². The fraction of sp³-hybridized carbons (Fsp3) is 0.0588. The van der Waals surface area contributed by atoms with Crippen LogP contribution in [0, 0.1) is 6.92 Å². The maximum absolute atomic E-state index is 12.3. The first-order valence-corrected chi connectivity index (χ1v) is 7.44. The number of carbonyl (C=O) groups is 1. The number of benzene rings is 2. The lowest BCUT2D eigenvalue weighted by Gasteiger charge is -2.07. The van der Waals surface area contributed by atoms with Gasteiger partial charge in [0.05, 0.1) is 5.39 Å². The highest BCUT2D eigenvalue weighted by Gasteiger charge is 2.12. The number of hydrogen-bond donors (Lipinski definition) is 1. The summed E-state index contributed by atoms with van der Waals surface area (Å²) in [7, 11) is 0. The fourth-order valence-corrected chi connectivity index (χ4v) is 2.38. The zero-order valence-electron chi connectivity index (χ0n) is 11.7. The highest BCUT2D eigenvalue weighted by molar-refractivity contribution is 9.10. The quantitative estimate of drug-likeness (QED) is 0.750. The van der Waals surface area contributed by atoms with Gasteiger partial charge in [0, 0.05) is 16.2 Å². The van der Waals surface area contributed by atoms with Crippen LogP contribution in [0.5, 0.6) is 0 Å². The van der Waals surface area contributed by atoms with Gasteiger partial charge in [0.15, 0.2) is 11.2 Å². The number of para-hydroxylation sites is 1. The third-order valence-electron chi connectivity index (χ3n) is 3.27. The van der Waals surface area contributed by atoms with E-state index in [-0.39, 0.29) is 11.2 Å². The van der Waals surface area contributed by atoms with Crippen LogP contribution in [0.3, 0.4) is 0 Å². The summed E-state index contributed by atoms with van der Waals surface area (Å²) < 4.78 is 6.47. The predicted molar refractivity (Wildman–Crippen MR) is 89.3 cm³/mol. The molecular formula is C17H12BrNO3. The average Bonchev–Trinajstić information content (AvgIpc) is 2.51. The summed E-state index contributed by atoms with van der Waals surface area (Å²) in [5.74, 6) is -0.464. The van der Waals surface area contributed by atoms with Crippen LogP contribution in [0.25, 0.3) is 11.0 Å². The lowest BCUT2D eigenvalue weighted by Crippen LogP contribution is -2.15. The monoisotopic (exact) mass is 357 g/mol. The topological polar surface area (TPSA) is 59.3 Å². The average molecular weight is 358 g/mol. The molecule has 0 aliphatic rings. The summed E-state index contributed by atoms with van der Waals surface area (Å²) in [5, 5.41) is 3.18. The summed E-state index contributed by atoms with van der Waals surface area (Å²) in [6.07, 6.45) is 0. The van der Waals surface area contributed by atoms with Gasteiger partial charge in [0.2, 0.25) is 0 Å². The second kappa shape index (κ2) is 5.77. The molecule has 1 N–H and O–H groups in total. The molecule has 0 aliphatic heterocycles. The Morgan fingerprint density at radius 3 is 2.68 bits per heavy atom. The van der Waals surface area contributed by atoms with Crippen molar-refractivity contribution in [1.82, 2.24) is 0 Å². The molecule has 0 aliphatic carbocycles. The Balaban J connectivity index is 1.95. The molecule has 110 valence electrons. The van der Waals surface area contributed by atoms with E-state index in [0.717, 1.165) is 10.0 Å². The first kappa shape index (κ1) is 14.5. The van der Waals surface area contributed by atoms with Gasteiger partial charge in [0.25, 0.3) is 5.91 Å². The maximum atomic E-state index is 12.3. The van der Waals surface area contributed by atoms with E-state index >= 15 is 0 Å². The predicted octanol–water partition coefficient (Wildman–Crippen LogP) is 4.12. The van der Waals surface area contributed by atoms with Crippen LogP contribution in [0.4, 0.5) is 5.69 Å². The van der Waals surface area contributed by atoms with Crippen molar-refractivity contribution < 1.29 is 9.21 Å². The zero-order chi connectivity index (χ0) is 15.7. The lowest BCUT2D eigenvalue weighted by molar-refractivity contribution is 0.0997. The molecule has 1 aromatic heterocycles. The van der Waals surface area contributed by atoms with E-state index in [0.29, 0.717) is 16.7 Å². The normalized spacial score (nSPS) is 10.6. The van der Waals surface area contributed by atoms with Gasteiger partial charge < -0.3 is 9.73 Å². The minimum atomic E-state index is -0.454. The molecule has 3 aromatic rings. The zero-order valence-corrected chi connectivity index (χ0v) is 13.3. The molecular weight excluding hydrogens is 346 g/mol. The van der Waals surface area contributed by atoms with Crippen LogP contribution in [-0.2, 0) is 0 Å². The number of carbonyl (C=O) groups excluding carboxylic acids is 1. The Morgan fingerprint density at radius 1 is 1.14 bits per heavy atom. The minimum absolute atomic E-state index is 0.00993. The second-order valence-electron chi connectivity index (χ2n) is 4.89. The number of anilines is 1. The van der Waals surface area contributed by atoms with Gasteiger partial charge in [-0.2, -0.15) is 0 Å². The van der Waals surface area contributed by atoms with Crippen molar-refractivity contribution in [3.05, 3.63) is 74.6 Å². The third kappa shape index (κ3) is 2.80. The van der Waals surface area contributed by atoms with Crippen molar-refractivity contribution in [2.45, 2.75) is 6.92 Å². The Bertz CT molecular complexity index is 931. The van der Waals surface area contributed by atoms with Crippen molar-refractivity contribution in [2.75, 3.05) is 5.32 Å². The van der Waals surface area contributed by atoms with E-state index in [4.69, 9.17) is 4.42 Å². The molecule has 0 atom stereocenters. The Kier molecular flexibility index (Phi) is 3.81. The van der Waals surface area contributed by atoms with E-state index in [2.05, 4.69) is 21.2 Å². The summed E-state index contributed by atoms with van der Waals surface area (Å²) in [6.45, 7) is 1.93. The van der Waals surface area contributed by atoms with Crippen LogP contribution in [-0.4, -0.2) is 5.91 Å². The summed E-state index contributed by atoms with van der Waals surface area (Å²) in [5.41, 5.74) is 1.80. The number of hydrogen-bond acceptors (Lipinski definition) is 3. The highest BCUT2D eigenvalue weighted by atomic mass is 79.9. The molecule has 0 unspecified atom stereocenters. The number of amides is 1. The molecule has 0 fully saturated rings. The largest absolute Gasteiger partial charge is 0.451 e. The van der Waals surface area contributed by atoms with E-state index in [1.807, 2.05) is 19.1 Å². The van der Waals surface area contributed by atoms with Gasteiger partial charge in [-0.3, -0.25) is 9.59 Å². The van der Waals surface area contributed by atoms with E-state index in [9.17, 15) is 9.59 Å². The Hall–Kier alpha value is -2.40. The van der Waals surface area contributed by atoms with Crippen LogP contribution in [0.1, 0.15) is 16.1 Å². The van der Waals surface area contributed by atoms with Gasteiger partial charge in [-0.05, 0) is 42.8 Å². The Morgan fingerprint density at radius 2 is 1.91 bits per heavy atom. The standard InChI is InChI=1S/C17H12BrNO3/c1-10-8-11(6-7-13(10)18)19-17(21)16-9-14(20)12-4-2-3-5-15(12)22-16/h2-9H,1H3,(H,19,21). The van der Waals surface area contributed by atoms with Crippen molar-refractivity contribution in [1.29, 1.82) is 0 Å².